The highest BCUT2D eigenvalue weighted by Crippen LogP contribution is 2.50. The van der Waals surface area contributed by atoms with Crippen molar-refractivity contribution in [3.8, 4) is 5.75 Å². The Bertz CT molecular complexity index is 878. The quantitative estimate of drug-likeness (QED) is 0.851. The number of aromatic nitrogens is 3. The first-order valence-electron chi connectivity index (χ1n) is 9.53. The Hall–Kier alpha value is -2.35. The van der Waals surface area contributed by atoms with Gasteiger partial charge in [-0.05, 0) is 37.5 Å². The number of amides is 2. The highest BCUT2D eigenvalue weighted by molar-refractivity contribution is 6.32. The van der Waals surface area contributed by atoms with E-state index < -0.39 is 0 Å². The molecule has 7 nitrogen and oxygen atoms in total. The number of urea groups is 1. The summed E-state index contributed by atoms with van der Waals surface area (Å²) in [5, 5.41) is 10.9. The third-order valence-electron chi connectivity index (χ3n) is 6.14. The summed E-state index contributed by atoms with van der Waals surface area (Å²) in [5.74, 6) is 0.411. The van der Waals surface area contributed by atoms with Crippen molar-refractivity contribution >= 4 is 17.6 Å². The average Bonchev–Trinajstić information content (AvgIpc) is 3.28. The maximum Gasteiger partial charge on any atom is 0.320 e. The van der Waals surface area contributed by atoms with Gasteiger partial charge in [0.25, 0.3) is 0 Å². The second-order valence-corrected chi connectivity index (χ2v) is 8.60. The minimum atomic E-state index is -0.372. The molecule has 148 valence electrons. The van der Waals surface area contributed by atoms with Crippen LogP contribution in [-0.4, -0.2) is 63.5 Å². The zero-order valence-electron chi connectivity index (χ0n) is 15.3. The van der Waals surface area contributed by atoms with Crippen LogP contribution in [0.5, 0.6) is 5.75 Å². The lowest BCUT2D eigenvalue weighted by molar-refractivity contribution is -0.103. The van der Waals surface area contributed by atoms with Crippen LogP contribution < -0.4 is 4.74 Å². The second kappa shape index (κ2) is 6.62. The molecular weight excluding hydrogens is 385 g/mol. The lowest BCUT2D eigenvalue weighted by Crippen LogP contribution is -2.67. The number of halogens is 2. The van der Waals surface area contributed by atoms with Crippen LogP contribution in [0, 0.1) is 11.2 Å². The summed E-state index contributed by atoms with van der Waals surface area (Å²) in [5.41, 5.74) is 1.09. The number of benzene rings is 1. The third kappa shape index (κ3) is 3.09. The van der Waals surface area contributed by atoms with E-state index in [2.05, 4.69) is 15.4 Å². The van der Waals surface area contributed by atoms with Gasteiger partial charge in [0.2, 0.25) is 0 Å². The van der Waals surface area contributed by atoms with Crippen molar-refractivity contribution in [2.24, 2.45) is 5.41 Å². The molecule has 1 atom stereocenters. The summed E-state index contributed by atoms with van der Waals surface area (Å²) in [7, 11) is 0. The maximum absolute atomic E-state index is 13.1. The molecule has 1 spiro atoms. The normalized spacial score (nSPS) is 23.6. The van der Waals surface area contributed by atoms with E-state index in [1.165, 1.54) is 12.1 Å². The van der Waals surface area contributed by atoms with Gasteiger partial charge in [0.05, 0.1) is 16.9 Å². The first kappa shape index (κ1) is 17.7. The van der Waals surface area contributed by atoms with Gasteiger partial charge in [0, 0.05) is 37.5 Å². The highest BCUT2D eigenvalue weighted by Gasteiger charge is 2.55. The molecule has 2 saturated heterocycles. The molecule has 1 aromatic heterocycles. The number of nitrogens with zero attached hydrogens (tertiary/aromatic N) is 4. The van der Waals surface area contributed by atoms with E-state index >= 15 is 0 Å². The van der Waals surface area contributed by atoms with Crippen LogP contribution in [-0.2, 0) is 0 Å². The van der Waals surface area contributed by atoms with E-state index in [9.17, 15) is 9.18 Å². The molecule has 0 radical (unpaired) electrons. The van der Waals surface area contributed by atoms with Gasteiger partial charge in [-0.1, -0.05) is 11.6 Å². The number of likely N-dealkylation sites (tertiary alicyclic amines) is 2. The Kier molecular flexibility index (Phi) is 4.19. The SMILES string of the molecule is O=C(N1CC[C@@H](c2cn[nH]n2)C1)N1CC2(CC(Oc3ccc(F)cc3Cl)C2)C1. The molecule has 28 heavy (non-hydrogen) atoms. The molecule has 1 aromatic carbocycles. The summed E-state index contributed by atoms with van der Waals surface area (Å²) >= 11 is 6.03. The van der Waals surface area contributed by atoms with Gasteiger partial charge < -0.3 is 14.5 Å². The Morgan fingerprint density at radius 2 is 2.14 bits per heavy atom. The van der Waals surface area contributed by atoms with Crippen LogP contribution in [0.2, 0.25) is 5.02 Å². The van der Waals surface area contributed by atoms with Gasteiger partial charge in [-0.15, -0.1) is 0 Å². The monoisotopic (exact) mass is 405 g/mol. The predicted molar refractivity (Wildman–Crippen MR) is 99.8 cm³/mol. The minimum absolute atomic E-state index is 0.0727. The van der Waals surface area contributed by atoms with Gasteiger partial charge in [-0.3, -0.25) is 0 Å². The van der Waals surface area contributed by atoms with Gasteiger partial charge in [-0.25, -0.2) is 9.18 Å². The molecule has 2 aromatic rings. The summed E-state index contributed by atoms with van der Waals surface area (Å²) in [4.78, 5) is 16.6. The zero-order chi connectivity index (χ0) is 19.3. The molecule has 0 unspecified atom stereocenters. The van der Waals surface area contributed by atoms with Crippen LogP contribution in [0.3, 0.4) is 0 Å². The fourth-order valence-corrected chi connectivity index (χ4v) is 4.89. The largest absolute Gasteiger partial charge is 0.489 e. The summed E-state index contributed by atoms with van der Waals surface area (Å²) in [6, 6.07) is 4.29. The lowest BCUT2D eigenvalue weighted by atomic mass is 9.62. The number of hydrogen-bond donors (Lipinski definition) is 1. The molecular formula is C19H21ClFN5O2. The lowest BCUT2D eigenvalue weighted by Gasteiger charge is -2.58. The standard InChI is InChI=1S/C19H21ClFN5O2/c20-15-5-13(21)1-2-17(15)28-14-6-19(7-14)10-26(11-19)18(27)25-4-3-12(9-25)16-8-22-24-23-16/h1-2,5,8,12,14H,3-4,6-7,9-11H2,(H,22,23,24)/t12-/m1/s1. The number of nitrogens with one attached hydrogen (secondary N) is 1. The molecule has 2 amide bonds. The fourth-order valence-electron chi connectivity index (χ4n) is 4.68. The molecule has 5 rings (SSSR count). The smallest absolute Gasteiger partial charge is 0.320 e. The number of H-pyrrole nitrogens is 1. The summed E-state index contributed by atoms with van der Waals surface area (Å²) < 4.78 is 19.0. The van der Waals surface area contributed by atoms with Crippen LogP contribution in [0.15, 0.2) is 24.4 Å². The van der Waals surface area contributed by atoms with Crippen molar-refractivity contribution in [2.45, 2.75) is 31.3 Å². The molecule has 1 N–H and O–H groups in total. The van der Waals surface area contributed by atoms with Gasteiger partial charge >= 0.3 is 6.03 Å². The first-order chi connectivity index (χ1) is 13.5. The van der Waals surface area contributed by atoms with E-state index in [1.54, 1.807) is 12.3 Å². The van der Waals surface area contributed by atoms with Crippen molar-refractivity contribution in [1.82, 2.24) is 25.2 Å². The molecule has 3 heterocycles. The Morgan fingerprint density at radius 1 is 1.32 bits per heavy atom. The Balaban J connectivity index is 1.10. The Labute approximate surface area is 166 Å². The van der Waals surface area contributed by atoms with Gasteiger partial charge in [0.1, 0.15) is 17.7 Å². The van der Waals surface area contributed by atoms with E-state index in [1.807, 2.05) is 9.80 Å². The topological polar surface area (TPSA) is 74.4 Å². The number of carbonyl (C=O) groups excluding carboxylic acids is 1. The van der Waals surface area contributed by atoms with Crippen LogP contribution in [0.4, 0.5) is 9.18 Å². The average molecular weight is 406 g/mol. The maximum atomic E-state index is 13.1. The summed E-state index contributed by atoms with van der Waals surface area (Å²) in [6.07, 6.45) is 4.52. The van der Waals surface area contributed by atoms with E-state index in [4.69, 9.17) is 16.3 Å². The summed E-state index contributed by atoms with van der Waals surface area (Å²) in [6.45, 7) is 3.00. The van der Waals surface area contributed by atoms with Gasteiger partial charge in [0.15, 0.2) is 0 Å². The first-order valence-corrected chi connectivity index (χ1v) is 9.90. The molecule has 3 fully saturated rings. The number of aromatic amines is 1. The van der Waals surface area contributed by atoms with E-state index in [0.29, 0.717) is 17.3 Å². The molecule has 9 heteroatoms. The van der Waals surface area contributed by atoms with Crippen LogP contribution in [0.1, 0.15) is 30.9 Å². The third-order valence-corrected chi connectivity index (χ3v) is 6.44. The van der Waals surface area contributed by atoms with Crippen LogP contribution >= 0.6 is 11.6 Å². The molecule has 0 bridgehead atoms. The number of carbonyl (C=O) groups is 1. The van der Waals surface area contributed by atoms with Crippen molar-refractivity contribution in [1.29, 1.82) is 0 Å². The van der Waals surface area contributed by atoms with Crippen LogP contribution in [0.25, 0.3) is 0 Å². The molecule has 3 aliphatic rings. The number of rotatable bonds is 3. The fraction of sp³-hybridized carbons (Fsp3) is 0.526. The van der Waals surface area contributed by atoms with Crippen molar-refractivity contribution in [2.75, 3.05) is 26.2 Å². The molecule has 1 aliphatic carbocycles. The molecule has 2 aliphatic heterocycles. The second-order valence-electron chi connectivity index (χ2n) is 8.19. The van der Waals surface area contributed by atoms with E-state index in [0.717, 1.165) is 44.6 Å². The predicted octanol–water partition coefficient (Wildman–Crippen LogP) is 3.05. The van der Waals surface area contributed by atoms with Gasteiger partial charge in [-0.2, -0.15) is 15.4 Å². The molecule has 1 saturated carbocycles. The van der Waals surface area contributed by atoms with E-state index in [-0.39, 0.29) is 29.3 Å². The zero-order valence-corrected chi connectivity index (χ0v) is 16.0. The van der Waals surface area contributed by atoms with Crippen molar-refractivity contribution in [3.05, 3.63) is 40.9 Å². The Morgan fingerprint density at radius 3 is 2.86 bits per heavy atom. The number of hydrogen-bond acceptors (Lipinski definition) is 4. The van der Waals surface area contributed by atoms with Crippen molar-refractivity contribution < 1.29 is 13.9 Å². The number of ether oxygens (including phenoxy) is 1. The highest BCUT2D eigenvalue weighted by atomic mass is 35.5. The van der Waals surface area contributed by atoms with Crippen molar-refractivity contribution in [3.63, 3.8) is 0 Å². The minimum Gasteiger partial charge on any atom is -0.489 e.